The lowest BCUT2D eigenvalue weighted by atomic mass is 10.1. The Balaban J connectivity index is 2.30. The lowest BCUT2D eigenvalue weighted by Crippen LogP contribution is -1.94. The summed E-state index contributed by atoms with van der Waals surface area (Å²) >= 11 is 18.0. The van der Waals surface area contributed by atoms with Crippen LogP contribution in [0.4, 0.5) is 0 Å². The molecular formula is C14H9Cl3N2O. The molecule has 0 bridgehead atoms. The van der Waals surface area contributed by atoms with Crippen molar-refractivity contribution in [3.63, 3.8) is 0 Å². The first-order valence-electron chi connectivity index (χ1n) is 5.83. The van der Waals surface area contributed by atoms with Crippen LogP contribution in [0.25, 0.3) is 16.9 Å². The first-order chi connectivity index (χ1) is 9.60. The molecule has 0 aliphatic heterocycles. The largest absolute Gasteiger partial charge is 0.390 e. The number of benzene rings is 1. The van der Waals surface area contributed by atoms with E-state index in [0.717, 1.165) is 5.56 Å². The first kappa shape index (κ1) is 13.7. The second-order valence-corrected chi connectivity index (χ2v) is 5.55. The number of hydrogen-bond acceptors (Lipinski definition) is 2. The van der Waals surface area contributed by atoms with Gasteiger partial charge in [-0.1, -0.05) is 46.9 Å². The van der Waals surface area contributed by atoms with Crippen LogP contribution < -0.4 is 0 Å². The summed E-state index contributed by atoms with van der Waals surface area (Å²) in [6.07, 6.45) is 1.68. The summed E-state index contributed by atoms with van der Waals surface area (Å²) in [5, 5.41) is 11.2. The number of nitrogens with zero attached hydrogens (tertiary/aromatic N) is 2. The van der Waals surface area contributed by atoms with Gasteiger partial charge in [0.15, 0.2) is 5.65 Å². The number of rotatable bonds is 2. The quantitative estimate of drug-likeness (QED) is 0.755. The number of halogens is 3. The fourth-order valence-electron chi connectivity index (χ4n) is 2.11. The summed E-state index contributed by atoms with van der Waals surface area (Å²) in [5.41, 5.74) is 2.71. The fourth-order valence-corrected chi connectivity index (χ4v) is 2.75. The lowest BCUT2D eigenvalue weighted by Gasteiger charge is -2.03. The maximum atomic E-state index is 9.63. The summed E-state index contributed by atoms with van der Waals surface area (Å²) in [4.78, 5) is 4.49. The van der Waals surface area contributed by atoms with E-state index in [-0.39, 0.29) is 6.61 Å². The monoisotopic (exact) mass is 326 g/mol. The second-order valence-electron chi connectivity index (χ2n) is 4.27. The first-order valence-corrected chi connectivity index (χ1v) is 6.96. The third kappa shape index (κ3) is 2.27. The molecule has 2 heterocycles. The molecular weight excluding hydrogens is 319 g/mol. The highest BCUT2D eigenvalue weighted by Gasteiger charge is 2.15. The van der Waals surface area contributed by atoms with Gasteiger partial charge < -0.3 is 5.11 Å². The summed E-state index contributed by atoms with van der Waals surface area (Å²) in [5.74, 6) is 0. The minimum absolute atomic E-state index is 0.171. The average Bonchev–Trinajstić information content (AvgIpc) is 2.78. The third-order valence-electron chi connectivity index (χ3n) is 3.01. The Morgan fingerprint density at radius 2 is 1.75 bits per heavy atom. The van der Waals surface area contributed by atoms with Gasteiger partial charge in [0, 0.05) is 16.8 Å². The van der Waals surface area contributed by atoms with Crippen LogP contribution in [0.1, 0.15) is 5.69 Å². The van der Waals surface area contributed by atoms with Gasteiger partial charge in [-0.3, -0.25) is 4.40 Å². The maximum Gasteiger partial charge on any atom is 0.156 e. The number of aliphatic hydroxyl groups excluding tert-OH is 1. The van der Waals surface area contributed by atoms with Crippen molar-refractivity contribution in [2.75, 3.05) is 0 Å². The predicted octanol–water partition coefficient (Wildman–Crippen LogP) is 4.45. The molecule has 0 atom stereocenters. The Kier molecular flexibility index (Phi) is 3.61. The molecule has 0 spiro atoms. The van der Waals surface area contributed by atoms with E-state index < -0.39 is 0 Å². The van der Waals surface area contributed by atoms with E-state index in [2.05, 4.69) is 4.98 Å². The average molecular weight is 328 g/mol. The molecule has 0 aliphatic carbocycles. The molecule has 102 valence electrons. The van der Waals surface area contributed by atoms with Crippen molar-refractivity contribution < 1.29 is 5.11 Å². The van der Waals surface area contributed by atoms with Crippen LogP contribution in [0.3, 0.4) is 0 Å². The van der Waals surface area contributed by atoms with Crippen molar-refractivity contribution in [3.8, 4) is 11.3 Å². The van der Waals surface area contributed by atoms with E-state index in [4.69, 9.17) is 34.8 Å². The Morgan fingerprint density at radius 3 is 2.40 bits per heavy atom. The van der Waals surface area contributed by atoms with E-state index in [1.807, 2.05) is 12.1 Å². The molecule has 0 fully saturated rings. The SMILES string of the molecule is OCc1c(-c2ccc(Cl)cc2)nc2c(Cl)cc(Cl)cn12. The molecule has 0 saturated carbocycles. The summed E-state index contributed by atoms with van der Waals surface area (Å²) in [6, 6.07) is 8.86. The van der Waals surface area contributed by atoms with Gasteiger partial charge in [-0.15, -0.1) is 0 Å². The van der Waals surface area contributed by atoms with Crippen LogP contribution in [-0.4, -0.2) is 14.5 Å². The van der Waals surface area contributed by atoms with Crippen molar-refractivity contribution in [2.45, 2.75) is 6.61 Å². The van der Waals surface area contributed by atoms with Crippen LogP contribution in [0.5, 0.6) is 0 Å². The Hall–Kier alpha value is -1.26. The van der Waals surface area contributed by atoms with Gasteiger partial charge in [-0.2, -0.15) is 0 Å². The van der Waals surface area contributed by atoms with Gasteiger partial charge in [0.25, 0.3) is 0 Å². The zero-order valence-electron chi connectivity index (χ0n) is 10.1. The van der Waals surface area contributed by atoms with E-state index in [0.29, 0.717) is 32.1 Å². The van der Waals surface area contributed by atoms with E-state index >= 15 is 0 Å². The zero-order valence-corrected chi connectivity index (χ0v) is 12.4. The third-order valence-corrected chi connectivity index (χ3v) is 3.74. The molecule has 0 amide bonds. The van der Waals surface area contributed by atoms with Crippen LogP contribution in [-0.2, 0) is 6.61 Å². The highest BCUT2D eigenvalue weighted by atomic mass is 35.5. The van der Waals surface area contributed by atoms with Gasteiger partial charge >= 0.3 is 0 Å². The molecule has 3 nitrogen and oxygen atoms in total. The number of aliphatic hydroxyl groups is 1. The molecule has 0 unspecified atom stereocenters. The Morgan fingerprint density at radius 1 is 1.05 bits per heavy atom. The van der Waals surface area contributed by atoms with E-state index in [9.17, 15) is 5.11 Å². The number of pyridine rings is 1. The van der Waals surface area contributed by atoms with Gasteiger partial charge in [-0.25, -0.2) is 4.98 Å². The molecule has 6 heteroatoms. The minimum Gasteiger partial charge on any atom is -0.390 e. The van der Waals surface area contributed by atoms with Gasteiger partial charge in [-0.05, 0) is 18.2 Å². The normalized spacial score (nSPS) is 11.2. The molecule has 20 heavy (non-hydrogen) atoms. The number of aromatic nitrogens is 2. The predicted molar refractivity (Wildman–Crippen MR) is 81.6 cm³/mol. The van der Waals surface area contributed by atoms with E-state index in [1.165, 1.54) is 0 Å². The molecule has 0 aliphatic rings. The van der Waals surface area contributed by atoms with E-state index in [1.54, 1.807) is 28.8 Å². The van der Waals surface area contributed by atoms with Gasteiger partial charge in [0.2, 0.25) is 0 Å². The van der Waals surface area contributed by atoms with Crippen molar-refractivity contribution >= 4 is 40.4 Å². The van der Waals surface area contributed by atoms with Crippen molar-refractivity contribution in [1.82, 2.24) is 9.38 Å². The molecule has 2 aromatic heterocycles. The molecule has 0 radical (unpaired) electrons. The van der Waals surface area contributed by atoms with Crippen molar-refractivity contribution in [3.05, 3.63) is 57.3 Å². The number of hydrogen-bond donors (Lipinski definition) is 1. The second kappa shape index (κ2) is 5.26. The Labute approximate surface area is 130 Å². The van der Waals surface area contributed by atoms with Gasteiger partial charge in [0.1, 0.15) is 0 Å². The standard InChI is InChI=1S/C14H9Cl3N2O/c15-9-3-1-8(2-4-9)13-12(7-20)19-6-10(16)5-11(17)14(19)18-13/h1-6,20H,7H2. The smallest absolute Gasteiger partial charge is 0.156 e. The minimum atomic E-state index is -0.171. The highest BCUT2D eigenvalue weighted by molar-refractivity contribution is 6.36. The van der Waals surface area contributed by atoms with Crippen molar-refractivity contribution in [1.29, 1.82) is 0 Å². The van der Waals surface area contributed by atoms with Crippen LogP contribution in [0, 0.1) is 0 Å². The maximum absolute atomic E-state index is 9.63. The summed E-state index contributed by atoms with van der Waals surface area (Å²) in [6.45, 7) is -0.171. The summed E-state index contributed by atoms with van der Waals surface area (Å²) < 4.78 is 1.70. The number of fused-ring (bicyclic) bond motifs is 1. The van der Waals surface area contributed by atoms with Crippen LogP contribution in [0.2, 0.25) is 15.1 Å². The highest BCUT2D eigenvalue weighted by Crippen LogP contribution is 2.30. The topological polar surface area (TPSA) is 37.5 Å². The fraction of sp³-hybridized carbons (Fsp3) is 0.0714. The zero-order chi connectivity index (χ0) is 14.3. The molecule has 0 saturated heterocycles. The van der Waals surface area contributed by atoms with Crippen molar-refractivity contribution in [2.24, 2.45) is 0 Å². The molecule has 3 rings (SSSR count). The Bertz CT molecular complexity index is 781. The van der Waals surface area contributed by atoms with Crippen LogP contribution in [0.15, 0.2) is 36.5 Å². The molecule has 1 aromatic carbocycles. The summed E-state index contributed by atoms with van der Waals surface area (Å²) in [7, 11) is 0. The molecule has 3 aromatic rings. The van der Waals surface area contributed by atoms with Gasteiger partial charge in [0.05, 0.1) is 28.0 Å². The number of imidazole rings is 1. The lowest BCUT2D eigenvalue weighted by molar-refractivity contribution is 0.276. The molecule has 1 N–H and O–H groups in total. The van der Waals surface area contributed by atoms with Crippen LogP contribution >= 0.6 is 34.8 Å².